The molecule has 0 amide bonds. The van der Waals surface area contributed by atoms with Gasteiger partial charge >= 0.3 is 0 Å². The maximum atomic E-state index is 13.7. The first-order valence-corrected chi connectivity index (χ1v) is 11.5. The predicted molar refractivity (Wildman–Crippen MR) is 137 cm³/mol. The first kappa shape index (κ1) is 23.5. The highest BCUT2D eigenvalue weighted by molar-refractivity contribution is 6.36. The second-order valence-corrected chi connectivity index (χ2v) is 8.73. The molecule has 0 fully saturated rings. The molecular formula is C25H17Cl2FN8. The van der Waals surface area contributed by atoms with Crippen LogP contribution in [0.4, 0.5) is 21.5 Å². The summed E-state index contributed by atoms with van der Waals surface area (Å²) < 4.78 is 13.7. The van der Waals surface area contributed by atoms with Crippen molar-refractivity contribution in [2.24, 2.45) is 0 Å². The Morgan fingerprint density at radius 3 is 2.61 bits per heavy atom. The van der Waals surface area contributed by atoms with Crippen molar-refractivity contribution < 1.29 is 4.39 Å². The molecular weight excluding hydrogens is 502 g/mol. The number of nitriles is 1. The topological polar surface area (TPSA) is 115 Å². The molecule has 0 bridgehead atoms. The van der Waals surface area contributed by atoms with E-state index in [1.807, 2.05) is 25.1 Å². The van der Waals surface area contributed by atoms with Crippen molar-refractivity contribution in [3.8, 4) is 6.07 Å². The van der Waals surface area contributed by atoms with E-state index in [9.17, 15) is 9.65 Å². The van der Waals surface area contributed by atoms with Gasteiger partial charge in [0.1, 0.15) is 17.6 Å². The Morgan fingerprint density at radius 2 is 1.89 bits per heavy atom. The summed E-state index contributed by atoms with van der Waals surface area (Å²) in [5.41, 5.74) is 4.79. The molecule has 3 aromatic heterocycles. The number of pyridine rings is 2. The third kappa shape index (κ3) is 4.52. The number of hydrogen-bond donors (Lipinski definition) is 3. The van der Waals surface area contributed by atoms with Crippen LogP contribution in [0.15, 0.2) is 61.1 Å². The van der Waals surface area contributed by atoms with Gasteiger partial charge in [0, 0.05) is 40.4 Å². The maximum absolute atomic E-state index is 13.7. The van der Waals surface area contributed by atoms with Gasteiger partial charge in [0.25, 0.3) is 0 Å². The van der Waals surface area contributed by atoms with E-state index in [0.29, 0.717) is 38.7 Å². The second kappa shape index (κ2) is 9.77. The molecule has 0 aliphatic rings. The fourth-order valence-corrected chi connectivity index (χ4v) is 4.36. The van der Waals surface area contributed by atoms with Gasteiger partial charge in [-0.1, -0.05) is 29.3 Å². The molecule has 5 aromatic rings. The molecule has 2 aromatic carbocycles. The van der Waals surface area contributed by atoms with Crippen molar-refractivity contribution in [3.05, 3.63) is 99.4 Å². The van der Waals surface area contributed by atoms with Gasteiger partial charge < -0.3 is 10.6 Å². The molecule has 0 aliphatic carbocycles. The molecule has 0 saturated heterocycles. The standard InChI is InChI=1S/C25H17Cl2FN8/c1-13-17(3-2-6-30-13)25(22-12-32-36-35-22)34-16-7-18-23(33-15-4-5-21(28)19(26)8-15)14(10-29)11-31-24(18)20(27)9-16/h2-9,11-12,25,34H,1H3,(H,31,33)(H,32,35,36). The predicted octanol–water partition coefficient (Wildman–Crippen LogP) is 6.32. The van der Waals surface area contributed by atoms with Crippen LogP contribution < -0.4 is 10.6 Å². The number of nitrogens with one attached hydrogen (secondary N) is 3. The minimum atomic E-state index is -0.540. The molecule has 1 atom stereocenters. The van der Waals surface area contributed by atoms with Crippen LogP contribution in [0.1, 0.15) is 28.6 Å². The number of hydrogen-bond acceptors (Lipinski definition) is 7. The third-order valence-corrected chi connectivity index (χ3v) is 6.21. The molecule has 178 valence electrons. The number of aromatic amines is 1. The Morgan fingerprint density at radius 1 is 1.06 bits per heavy atom. The van der Waals surface area contributed by atoms with Crippen LogP contribution in [0.2, 0.25) is 10.0 Å². The first-order valence-electron chi connectivity index (χ1n) is 10.7. The highest BCUT2D eigenvalue weighted by atomic mass is 35.5. The Hall–Kier alpha value is -4.26. The van der Waals surface area contributed by atoms with Crippen LogP contribution in [0.5, 0.6) is 0 Å². The minimum absolute atomic E-state index is 0.0421. The van der Waals surface area contributed by atoms with Gasteiger partial charge in [-0.3, -0.25) is 9.97 Å². The molecule has 0 spiro atoms. The SMILES string of the molecule is Cc1ncccc1C(Nc1cc(Cl)c2ncc(C#N)c(Nc3ccc(F)c(Cl)c3)c2c1)c1cn[nH]n1. The van der Waals surface area contributed by atoms with Gasteiger partial charge in [-0.2, -0.15) is 20.7 Å². The maximum Gasteiger partial charge on any atom is 0.141 e. The summed E-state index contributed by atoms with van der Waals surface area (Å²) in [6.07, 6.45) is 4.79. The smallest absolute Gasteiger partial charge is 0.141 e. The van der Waals surface area contributed by atoms with Gasteiger partial charge in [-0.15, -0.1) is 0 Å². The van der Waals surface area contributed by atoms with Crippen molar-refractivity contribution >= 4 is 51.2 Å². The fourth-order valence-electron chi connectivity index (χ4n) is 3.91. The number of aryl methyl sites for hydroxylation is 1. The van der Waals surface area contributed by atoms with Crippen LogP contribution in [0.3, 0.4) is 0 Å². The van der Waals surface area contributed by atoms with Crippen LogP contribution in [0, 0.1) is 24.1 Å². The van der Waals surface area contributed by atoms with Crippen molar-refractivity contribution in [1.29, 1.82) is 5.26 Å². The van der Waals surface area contributed by atoms with Gasteiger partial charge in [0.05, 0.1) is 39.1 Å². The van der Waals surface area contributed by atoms with Gasteiger partial charge in [0.2, 0.25) is 0 Å². The van der Waals surface area contributed by atoms with E-state index in [1.54, 1.807) is 18.5 Å². The van der Waals surface area contributed by atoms with E-state index in [4.69, 9.17) is 23.2 Å². The normalized spacial score (nSPS) is 11.8. The van der Waals surface area contributed by atoms with Crippen molar-refractivity contribution in [2.45, 2.75) is 13.0 Å². The van der Waals surface area contributed by atoms with E-state index < -0.39 is 5.82 Å². The monoisotopic (exact) mass is 518 g/mol. The molecule has 3 N–H and O–H groups in total. The number of H-pyrrole nitrogens is 1. The zero-order chi connectivity index (χ0) is 25.2. The van der Waals surface area contributed by atoms with E-state index in [1.165, 1.54) is 24.4 Å². The molecule has 1 unspecified atom stereocenters. The lowest BCUT2D eigenvalue weighted by molar-refractivity contribution is 0.628. The van der Waals surface area contributed by atoms with Crippen LogP contribution in [-0.4, -0.2) is 25.4 Å². The van der Waals surface area contributed by atoms with Crippen LogP contribution in [0.25, 0.3) is 10.9 Å². The number of rotatable bonds is 6. The Bertz CT molecular complexity index is 1620. The van der Waals surface area contributed by atoms with Gasteiger partial charge in [-0.05, 0) is 43.3 Å². The summed E-state index contributed by atoms with van der Waals surface area (Å²) in [7, 11) is 0. The van der Waals surface area contributed by atoms with Gasteiger partial charge in [-0.25, -0.2) is 4.39 Å². The average molecular weight is 519 g/mol. The number of anilines is 3. The fraction of sp³-hybridized carbons (Fsp3) is 0.0800. The summed E-state index contributed by atoms with van der Waals surface area (Å²) in [5.74, 6) is -0.540. The molecule has 36 heavy (non-hydrogen) atoms. The van der Waals surface area contributed by atoms with Crippen LogP contribution >= 0.6 is 23.2 Å². The lowest BCUT2D eigenvalue weighted by Gasteiger charge is -2.21. The number of halogens is 3. The lowest BCUT2D eigenvalue weighted by atomic mass is 10.0. The zero-order valence-electron chi connectivity index (χ0n) is 18.7. The average Bonchev–Trinajstić information content (AvgIpc) is 3.40. The summed E-state index contributed by atoms with van der Waals surface area (Å²) in [6, 6.07) is 13.4. The summed E-state index contributed by atoms with van der Waals surface area (Å²) >= 11 is 12.6. The summed E-state index contributed by atoms with van der Waals surface area (Å²) in [4.78, 5) is 8.78. The third-order valence-electron chi connectivity index (χ3n) is 5.63. The molecule has 11 heteroatoms. The minimum Gasteiger partial charge on any atom is -0.373 e. The Labute approximate surface area is 215 Å². The van der Waals surface area contributed by atoms with E-state index >= 15 is 0 Å². The number of benzene rings is 2. The molecule has 0 radical (unpaired) electrons. The molecule has 8 nitrogen and oxygen atoms in total. The molecule has 0 aliphatic heterocycles. The number of aromatic nitrogens is 5. The Balaban J connectivity index is 1.63. The van der Waals surface area contributed by atoms with E-state index in [2.05, 4.69) is 42.1 Å². The highest BCUT2D eigenvalue weighted by Gasteiger charge is 2.21. The largest absolute Gasteiger partial charge is 0.373 e. The van der Waals surface area contributed by atoms with Crippen LogP contribution in [-0.2, 0) is 0 Å². The quantitative estimate of drug-likeness (QED) is 0.241. The second-order valence-electron chi connectivity index (χ2n) is 7.92. The first-order chi connectivity index (χ1) is 17.4. The van der Waals surface area contributed by atoms with Crippen molar-refractivity contribution in [2.75, 3.05) is 10.6 Å². The Kier molecular flexibility index (Phi) is 6.38. The lowest BCUT2D eigenvalue weighted by Crippen LogP contribution is -2.15. The van der Waals surface area contributed by atoms with Crippen molar-refractivity contribution in [1.82, 2.24) is 25.4 Å². The highest BCUT2D eigenvalue weighted by Crippen LogP contribution is 2.37. The number of nitrogens with zero attached hydrogens (tertiary/aromatic N) is 5. The van der Waals surface area contributed by atoms with E-state index in [-0.39, 0.29) is 16.6 Å². The zero-order valence-corrected chi connectivity index (χ0v) is 20.2. The summed E-state index contributed by atoms with van der Waals surface area (Å²) in [5, 5.41) is 28.2. The van der Waals surface area contributed by atoms with Crippen molar-refractivity contribution in [3.63, 3.8) is 0 Å². The molecule has 0 saturated carbocycles. The molecule has 5 rings (SSSR count). The van der Waals surface area contributed by atoms with Gasteiger partial charge in [0.15, 0.2) is 0 Å². The number of fused-ring (bicyclic) bond motifs is 1. The van der Waals surface area contributed by atoms with E-state index in [0.717, 1.165) is 11.3 Å². The molecule has 3 heterocycles. The summed E-state index contributed by atoms with van der Waals surface area (Å²) in [6.45, 7) is 1.91.